The number of sulfonamides is 1. The predicted molar refractivity (Wildman–Crippen MR) is 148 cm³/mol. The van der Waals surface area contributed by atoms with Gasteiger partial charge in [-0.15, -0.1) is 10.2 Å². The van der Waals surface area contributed by atoms with Crippen LogP contribution in [0.1, 0.15) is 45.0 Å². The van der Waals surface area contributed by atoms with Gasteiger partial charge in [-0.1, -0.05) is 11.3 Å². The number of hydrogen-bond acceptors (Lipinski definition) is 10. The molecule has 1 aliphatic heterocycles. The van der Waals surface area contributed by atoms with Crippen molar-refractivity contribution in [1.29, 1.82) is 0 Å². The van der Waals surface area contributed by atoms with Gasteiger partial charge in [0.1, 0.15) is 5.69 Å². The molecule has 1 saturated heterocycles. The van der Waals surface area contributed by atoms with E-state index >= 15 is 0 Å². The predicted octanol–water partition coefficient (Wildman–Crippen LogP) is 3.50. The van der Waals surface area contributed by atoms with Gasteiger partial charge in [-0.25, -0.2) is 31.9 Å². The SMILES string of the molecule is C[C@H]1CN(c2cc(S(=O)(=O)NC3(C)CC3)cc3c(-c4nnc(C(F)F)s4)nc(-c4cnn(C)c4)nc23)C[C@H](C)N1. The van der Waals surface area contributed by atoms with Crippen LogP contribution in [0.2, 0.25) is 0 Å². The smallest absolute Gasteiger partial charge is 0.291 e. The Labute approximate surface area is 234 Å². The normalized spacial score (nSPS) is 20.9. The van der Waals surface area contributed by atoms with E-state index in [1.807, 2.05) is 6.92 Å². The van der Waals surface area contributed by atoms with E-state index in [1.165, 1.54) is 6.07 Å². The fourth-order valence-corrected chi connectivity index (χ4v) is 7.24. The van der Waals surface area contributed by atoms with Crippen molar-refractivity contribution in [3.63, 3.8) is 0 Å². The van der Waals surface area contributed by atoms with Crippen LogP contribution in [0.15, 0.2) is 29.4 Å². The number of piperazine rings is 1. The second-order valence-electron chi connectivity index (χ2n) is 10.9. The van der Waals surface area contributed by atoms with Crippen LogP contribution in [0.3, 0.4) is 0 Å². The molecule has 11 nitrogen and oxygen atoms in total. The molecule has 1 aliphatic carbocycles. The zero-order valence-corrected chi connectivity index (χ0v) is 24.0. The topological polar surface area (TPSA) is 131 Å². The molecule has 0 radical (unpaired) electrons. The number of aryl methyl sites for hydroxylation is 1. The van der Waals surface area contributed by atoms with Crippen molar-refractivity contribution >= 4 is 38.0 Å². The monoisotopic (exact) mass is 589 g/mol. The summed E-state index contributed by atoms with van der Waals surface area (Å²) in [7, 11) is -2.15. The maximum Gasteiger partial charge on any atom is 0.291 e. The summed E-state index contributed by atoms with van der Waals surface area (Å²) < 4.78 is 58.6. The highest BCUT2D eigenvalue weighted by atomic mass is 32.2. The van der Waals surface area contributed by atoms with Crippen molar-refractivity contribution in [3.05, 3.63) is 29.5 Å². The van der Waals surface area contributed by atoms with Gasteiger partial charge in [-0.05, 0) is 45.7 Å². The van der Waals surface area contributed by atoms with Crippen molar-refractivity contribution in [2.45, 2.75) is 62.6 Å². The van der Waals surface area contributed by atoms with Crippen LogP contribution >= 0.6 is 11.3 Å². The lowest BCUT2D eigenvalue weighted by atomic mass is 10.1. The number of halogens is 2. The molecule has 0 amide bonds. The second kappa shape index (κ2) is 9.75. The van der Waals surface area contributed by atoms with Gasteiger partial charge in [0.15, 0.2) is 15.8 Å². The minimum atomic E-state index is -3.92. The van der Waals surface area contributed by atoms with E-state index < -0.39 is 27.0 Å². The Morgan fingerprint density at radius 1 is 1.15 bits per heavy atom. The van der Waals surface area contributed by atoms with E-state index in [0.717, 1.165) is 24.2 Å². The first-order valence-corrected chi connectivity index (χ1v) is 15.2. The number of fused-ring (bicyclic) bond motifs is 1. The van der Waals surface area contributed by atoms with Gasteiger partial charge in [-0.2, -0.15) is 5.10 Å². The molecule has 0 unspecified atom stereocenters. The quantitative estimate of drug-likeness (QED) is 0.333. The van der Waals surface area contributed by atoms with Crippen molar-refractivity contribution < 1.29 is 17.2 Å². The molecule has 1 aromatic carbocycles. The van der Waals surface area contributed by atoms with E-state index in [0.29, 0.717) is 41.1 Å². The highest BCUT2D eigenvalue weighted by Crippen LogP contribution is 2.40. The molecular weight excluding hydrogens is 560 g/mol. The fraction of sp³-hybridized carbons (Fsp3) is 0.480. The van der Waals surface area contributed by atoms with E-state index in [-0.39, 0.29) is 27.7 Å². The lowest BCUT2D eigenvalue weighted by Gasteiger charge is -2.38. The average molecular weight is 590 g/mol. The number of hydrogen-bond donors (Lipinski definition) is 2. The zero-order valence-electron chi connectivity index (χ0n) is 22.4. The highest BCUT2D eigenvalue weighted by Gasteiger charge is 2.41. The number of nitrogens with one attached hydrogen (secondary N) is 2. The van der Waals surface area contributed by atoms with Crippen molar-refractivity contribution in [1.82, 2.24) is 40.0 Å². The maximum absolute atomic E-state index is 13.6. The van der Waals surface area contributed by atoms with E-state index in [2.05, 4.69) is 44.1 Å². The fourth-order valence-electron chi connectivity index (χ4n) is 5.03. The largest absolute Gasteiger partial charge is 0.367 e. The van der Waals surface area contributed by atoms with Crippen LogP contribution in [-0.2, 0) is 17.1 Å². The van der Waals surface area contributed by atoms with E-state index in [1.54, 1.807) is 30.2 Å². The van der Waals surface area contributed by atoms with Crippen LogP contribution in [0.4, 0.5) is 14.5 Å². The molecule has 2 N–H and O–H groups in total. The summed E-state index contributed by atoms with van der Waals surface area (Å²) in [5, 5.41) is 15.5. The molecule has 0 bridgehead atoms. The van der Waals surface area contributed by atoms with Gasteiger partial charge in [0.05, 0.1) is 27.9 Å². The molecule has 6 rings (SSSR count). The summed E-state index contributed by atoms with van der Waals surface area (Å²) >= 11 is 0.722. The summed E-state index contributed by atoms with van der Waals surface area (Å²) in [6.45, 7) is 7.23. The third-order valence-corrected chi connectivity index (χ3v) is 9.69. The minimum Gasteiger partial charge on any atom is -0.367 e. The molecule has 2 aliphatic rings. The molecule has 15 heteroatoms. The molecule has 3 aromatic heterocycles. The Morgan fingerprint density at radius 3 is 2.48 bits per heavy atom. The van der Waals surface area contributed by atoms with E-state index in [4.69, 9.17) is 9.97 Å². The Hall–Kier alpha value is -3.14. The molecule has 4 aromatic rings. The summed E-state index contributed by atoms with van der Waals surface area (Å²) in [5.41, 5.74) is 1.49. The number of anilines is 1. The van der Waals surface area contributed by atoms with Crippen LogP contribution in [0, 0.1) is 0 Å². The van der Waals surface area contributed by atoms with Gasteiger partial charge < -0.3 is 10.2 Å². The minimum absolute atomic E-state index is 0.0551. The summed E-state index contributed by atoms with van der Waals surface area (Å²) in [6, 6.07) is 3.43. The third-order valence-electron chi connectivity index (χ3n) is 7.14. The molecule has 1 saturated carbocycles. The first-order valence-electron chi connectivity index (χ1n) is 12.9. The molecular formula is C25H29F2N9O2S2. The molecule has 2 atom stereocenters. The standard InChI is InChI=1S/C25H29F2N9O2S2/c1-13-10-36(11-14(2)29-13)18-8-16(40(37,38)34-25(3)5-6-25)7-17-19(18)30-22(15-9-28-35(4)12-15)31-20(17)23-32-33-24(39-23)21(26)27/h7-9,12-14,21,29,34H,5-6,10-11H2,1-4H3/t13-,14-/m0/s1. The summed E-state index contributed by atoms with van der Waals surface area (Å²) in [6.07, 6.45) is 2.08. The lowest BCUT2D eigenvalue weighted by molar-refractivity contribution is 0.150. The number of benzene rings is 1. The number of alkyl halides is 2. The Morgan fingerprint density at radius 2 is 1.88 bits per heavy atom. The first-order chi connectivity index (χ1) is 18.9. The number of aromatic nitrogens is 6. The van der Waals surface area contributed by atoms with Crippen molar-refractivity contribution in [3.8, 4) is 22.1 Å². The second-order valence-corrected chi connectivity index (χ2v) is 13.6. The van der Waals surface area contributed by atoms with Crippen molar-refractivity contribution in [2.75, 3.05) is 18.0 Å². The molecule has 2 fully saturated rings. The van der Waals surface area contributed by atoms with Crippen LogP contribution in [-0.4, -0.2) is 69.1 Å². The van der Waals surface area contributed by atoms with Crippen LogP contribution in [0.25, 0.3) is 33.0 Å². The van der Waals surface area contributed by atoms with Crippen LogP contribution < -0.4 is 14.9 Å². The summed E-state index contributed by atoms with van der Waals surface area (Å²) in [5.74, 6) is 0.320. The van der Waals surface area contributed by atoms with Gasteiger partial charge in [0.25, 0.3) is 6.43 Å². The Kier molecular flexibility index (Phi) is 6.59. The van der Waals surface area contributed by atoms with Gasteiger partial charge in [0, 0.05) is 49.3 Å². The zero-order chi connectivity index (χ0) is 28.4. The third kappa shape index (κ3) is 5.18. The van der Waals surface area contributed by atoms with E-state index in [9.17, 15) is 17.2 Å². The number of rotatable bonds is 7. The maximum atomic E-state index is 13.6. The Balaban J connectivity index is 1.64. The average Bonchev–Trinajstić information content (AvgIpc) is 3.25. The first kappa shape index (κ1) is 27.1. The lowest BCUT2D eigenvalue weighted by Crippen LogP contribution is -2.54. The molecule has 40 heavy (non-hydrogen) atoms. The van der Waals surface area contributed by atoms with Crippen molar-refractivity contribution in [2.24, 2.45) is 7.05 Å². The number of nitrogens with zero attached hydrogens (tertiary/aromatic N) is 7. The molecule has 212 valence electrons. The van der Waals surface area contributed by atoms with Crippen LogP contribution in [0.5, 0.6) is 0 Å². The van der Waals surface area contributed by atoms with Gasteiger partial charge in [0.2, 0.25) is 10.0 Å². The molecule has 4 heterocycles. The van der Waals surface area contributed by atoms with Gasteiger partial charge in [-0.3, -0.25) is 4.68 Å². The Bertz CT molecular complexity index is 1690. The highest BCUT2D eigenvalue weighted by molar-refractivity contribution is 7.89. The molecule has 0 spiro atoms. The summed E-state index contributed by atoms with van der Waals surface area (Å²) in [4.78, 5) is 11.8. The van der Waals surface area contributed by atoms with Gasteiger partial charge >= 0.3 is 0 Å².